The topological polar surface area (TPSA) is 70.2 Å². The van der Waals surface area contributed by atoms with Crippen molar-refractivity contribution in [1.29, 1.82) is 0 Å². The Kier molecular flexibility index (Phi) is 8.95. The summed E-state index contributed by atoms with van der Waals surface area (Å²) in [7, 11) is 0. The molecule has 2 N–H and O–H groups in total. The Balaban J connectivity index is 1.53. The predicted octanol–water partition coefficient (Wildman–Crippen LogP) is 6.82. The number of hydrogen-bond donors (Lipinski definition) is 2. The summed E-state index contributed by atoms with van der Waals surface area (Å²) < 4.78 is 5.76. The van der Waals surface area contributed by atoms with Crippen LogP contribution in [0.5, 0.6) is 0 Å². The number of nitrogens with one attached hydrogen (secondary N) is 2. The fourth-order valence-electron chi connectivity index (χ4n) is 3.78. The molecule has 0 aromatic carbocycles. The molecular formula is C26H35N3O2. The summed E-state index contributed by atoms with van der Waals surface area (Å²) in [5.41, 5.74) is 4.08. The number of unbranched alkanes of at least 4 members (excludes halogenated alkanes) is 7. The molecule has 0 unspecified atom stereocenters. The van der Waals surface area contributed by atoms with Gasteiger partial charge in [-0.3, -0.25) is 4.79 Å². The van der Waals surface area contributed by atoms with Crippen molar-refractivity contribution in [3.63, 3.8) is 0 Å². The second-order valence-electron chi connectivity index (χ2n) is 8.03. The molecule has 0 radical (unpaired) electrons. The normalized spacial score (nSPS) is 14.7. The number of rotatable bonds is 14. The number of aliphatic imine (C=N–C) groups is 1. The van der Waals surface area contributed by atoms with Gasteiger partial charge in [0.15, 0.2) is 5.78 Å². The molecule has 1 aliphatic rings. The zero-order chi connectivity index (χ0) is 21.9. The molecule has 5 nitrogen and oxygen atoms in total. The molecule has 0 fully saturated rings. The van der Waals surface area contributed by atoms with Gasteiger partial charge in [0.1, 0.15) is 11.5 Å². The number of H-pyrrole nitrogens is 2. The Morgan fingerprint density at radius 1 is 1.03 bits per heavy atom. The monoisotopic (exact) mass is 421 g/mol. The van der Waals surface area contributed by atoms with Gasteiger partial charge in [-0.05, 0) is 43.7 Å². The van der Waals surface area contributed by atoms with Gasteiger partial charge in [0, 0.05) is 24.4 Å². The Bertz CT molecular complexity index is 916. The molecule has 31 heavy (non-hydrogen) atoms. The largest absolute Gasteiger partial charge is 0.492 e. The second kappa shape index (κ2) is 12.1. The number of hydrogen-bond acceptors (Lipinski definition) is 3. The lowest BCUT2D eigenvalue weighted by Gasteiger charge is -2.04. The highest BCUT2D eigenvalue weighted by Gasteiger charge is 2.18. The molecule has 0 saturated heterocycles. The van der Waals surface area contributed by atoms with Crippen LogP contribution in [0.3, 0.4) is 0 Å². The van der Waals surface area contributed by atoms with Crippen molar-refractivity contribution in [3.8, 4) is 0 Å². The summed E-state index contributed by atoms with van der Waals surface area (Å²) in [6.07, 6.45) is 16.3. The van der Waals surface area contributed by atoms with E-state index in [0.717, 1.165) is 41.4 Å². The number of nitrogens with zero attached hydrogens (tertiary/aromatic N) is 1. The summed E-state index contributed by atoms with van der Waals surface area (Å²) in [5.74, 6) is 0.923. The average molecular weight is 422 g/mol. The van der Waals surface area contributed by atoms with Gasteiger partial charge < -0.3 is 14.7 Å². The van der Waals surface area contributed by atoms with E-state index < -0.39 is 0 Å². The van der Waals surface area contributed by atoms with E-state index in [-0.39, 0.29) is 5.78 Å². The van der Waals surface area contributed by atoms with E-state index in [9.17, 15) is 4.79 Å². The van der Waals surface area contributed by atoms with E-state index in [1.165, 1.54) is 38.5 Å². The highest BCUT2D eigenvalue weighted by atomic mass is 16.5. The van der Waals surface area contributed by atoms with Crippen LogP contribution in [-0.4, -0.2) is 28.1 Å². The first-order chi connectivity index (χ1) is 15.2. The summed E-state index contributed by atoms with van der Waals surface area (Å²) >= 11 is 0. The van der Waals surface area contributed by atoms with Crippen LogP contribution in [0.1, 0.15) is 93.5 Å². The number of ether oxygens (including phenoxy) is 1. The third-order valence-electron chi connectivity index (χ3n) is 5.49. The lowest BCUT2D eigenvalue weighted by atomic mass is 10.1. The average Bonchev–Trinajstić information content (AvgIpc) is 3.52. The molecule has 2 aromatic heterocycles. The lowest BCUT2D eigenvalue weighted by Crippen LogP contribution is -1.99. The van der Waals surface area contributed by atoms with E-state index in [0.29, 0.717) is 18.7 Å². The van der Waals surface area contributed by atoms with Crippen LogP contribution in [0, 0.1) is 0 Å². The zero-order valence-corrected chi connectivity index (χ0v) is 18.9. The maximum absolute atomic E-state index is 12.5. The SMILES string of the molecule is CCCCCCCCCCC(=O)c1ccc(/C=C2\N=C(c3ccc[nH]3)C=C2OCC)[nH]1. The van der Waals surface area contributed by atoms with Gasteiger partial charge in [0.05, 0.1) is 23.7 Å². The molecule has 3 heterocycles. The fourth-order valence-corrected chi connectivity index (χ4v) is 3.78. The van der Waals surface area contributed by atoms with Crippen molar-refractivity contribution in [1.82, 2.24) is 9.97 Å². The lowest BCUT2D eigenvalue weighted by molar-refractivity contribution is 0.0975. The first-order valence-corrected chi connectivity index (χ1v) is 11.7. The minimum absolute atomic E-state index is 0.179. The molecule has 0 amide bonds. The van der Waals surface area contributed by atoms with Crippen LogP contribution in [0.2, 0.25) is 0 Å². The quantitative estimate of drug-likeness (QED) is 0.259. The van der Waals surface area contributed by atoms with Crippen LogP contribution in [0.4, 0.5) is 0 Å². The highest BCUT2D eigenvalue weighted by Crippen LogP contribution is 2.25. The number of ketones is 1. The van der Waals surface area contributed by atoms with Crippen LogP contribution in [-0.2, 0) is 4.74 Å². The molecule has 0 aliphatic carbocycles. The molecule has 5 heteroatoms. The maximum atomic E-state index is 12.5. The molecule has 0 bridgehead atoms. The van der Waals surface area contributed by atoms with Crippen molar-refractivity contribution in [2.75, 3.05) is 6.61 Å². The Labute approximate surface area is 185 Å². The number of allylic oxidation sites excluding steroid dienone is 1. The number of aromatic nitrogens is 2. The maximum Gasteiger partial charge on any atom is 0.179 e. The Hall–Kier alpha value is -2.82. The van der Waals surface area contributed by atoms with Crippen LogP contribution >= 0.6 is 0 Å². The van der Waals surface area contributed by atoms with Gasteiger partial charge in [-0.2, -0.15) is 0 Å². The minimum atomic E-state index is 0.179. The van der Waals surface area contributed by atoms with Gasteiger partial charge in [-0.1, -0.05) is 51.9 Å². The smallest absolute Gasteiger partial charge is 0.179 e. The first-order valence-electron chi connectivity index (χ1n) is 11.7. The van der Waals surface area contributed by atoms with Crippen LogP contribution < -0.4 is 0 Å². The van der Waals surface area contributed by atoms with Crippen molar-refractivity contribution in [2.24, 2.45) is 4.99 Å². The van der Waals surface area contributed by atoms with Crippen molar-refractivity contribution in [3.05, 3.63) is 65.1 Å². The van der Waals surface area contributed by atoms with Gasteiger partial charge >= 0.3 is 0 Å². The van der Waals surface area contributed by atoms with Crippen molar-refractivity contribution >= 4 is 17.6 Å². The number of carbonyl (C=O) groups is 1. The van der Waals surface area contributed by atoms with Crippen molar-refractivity contribution in [2.45, 2.75) is 71.6 Å². The van der Waals surface area contributed by atoms with E-state index in [2.05, 4.69) is 16.9 Å². The molecule has 2 aromatic rings. The van der Waals surface area contributed by atoms with Gasteiger partial charge in [-0.15, -0.1) is 0 Å². The van der Waals surface area contributed by atoms with Crippen LogP contribution in [0.25, 0.3) is 6.08 Å². The Morgan fingerprint density at radius 3 is 2.52 bits per heavy atom. The first kappa shape index (κ1) is 22.9. The summed E-state index contributed by atoms with van der Waals surface area (Å²) in [4.78, 5) is 23.6. The van der Waals surface area contributed by atoms with E-state index in [1.54, 1.807) is 0 Å². The standard InChI is InChI=1S/C26H35N3O2/c1-3-5-6-7-8-9-10-11-14-25(30)22-16-15-20(28-22)18-24-26(31-4-2)19-23(29-24)21-13-12-17-27-21/h12-13,15-19,27-28H,3-11,14H2,1-2H3/b24-18-. The molecule has 3 rings (SSSR count). The molecule has 0 atom stereocenters. The summed E-state index contributed by atoms with van der Waals surface area (Å²) in [6.45, 7) is 4.77. The van der Waals surface area contributed by atoms with Crippen molar-refractivity contribution < 1.29 is 9.53 Å². The van der Waals surface area contributed by atoms with Gasteiger partial charge in [0.25, 0.3) is 0 Å². The number of aromatic amines is 2. The third kappa shape index (κ3) is 6.84. The van der Waals surface area contributed by atoms with E-state index >= 15 is 0 Å². The number of Topliss-reactive ketones (excluding diaryl/α,β-unsaturated/α-hetero) is 1. The molecule has 1 aliphatic heterocycles. The predicted molar refractivity (Wildman–Crippen MR) is 127 cm³/mol. The van der Waals surface area contributed by atoms with E-state index in [1.807, 2.05) is 49.5 Å². The highest BCUT2D eigenvalue weighted by molar-refractivity contribution is 6.11. The summed E-state index contributed by atoms with van der Waals surface area (Å²) in [5, 5.41) is 0. The van der Waals surface area contributed by atoms with Gasteiger partial charge in [-0.25, -0.2) is 4.99 Å². The molecule has 166 valence electrons. The Morgan fingerprint density at radius 2 is 1.81 bits per heavy atom. The zero-order valence-electron chi connectivity index (χ0n) is 18.9. The molecule has 0 spiro atoms. The number of carbonyl (C=O) groups excluding carboxylic acids is 1. The second-order valence-corrected chi connectivity index (χ2v) is 8.03. The fraction of sp³-hybridized carbons (Fsp3) is 0.462. The van der Waals surface area contributed by atoms with Gasteiger partial charge in [0.2, 0.25) is 0 Å². The van der Waals surface area contributed by atoms with Crippen LogP contribution in [0.15, 0.2) is 53.0 Å². The molecule has 0 saturated carbocycles. The molecular weight excluding hydrogens is 386 g/mol. The summed E-state index contributed by atoms with van der Waals surface area (Å²) in [6, 6.07) is 7.73. The van der Waals surface area contributed by atoms with E-state index in [4.69, 9.17) is 9.73 Å². The minimum Gasteiger partial charge on any atom is -0.492 e. The third-order valence-corrected chi connectivity index (χ3v) is 5.49.